The first-order valence-corrected chi connectivity index (χ1v) is 6.02. The van der Waals surface area contributed by atoms with Gasteiger partial charge in [0.2, 0.25) is 0 Å². The fourth-order valence-corrected chi connectivity index (χ4v) is 2.49. The second kappa shape index (κ2) is 4.79. The third-order valence-electron chi connectivity index (χ3n) is 2.64. The Morgan fingerprint density at radius 3 is 2.60 bits per heavy atom. The average molecular weight is 269 g/mol. The molecule has 1 saturated carbocycles. The first kappa shape index (κ1) is 10.7. The molecule has 0 amide bonds. The number of rotatable bonds is 3. The second-order valence-electron chi connectivity index (χ2n) is 3.86. The van der Waals surface area contributed by atoms with Crippen LogP contribution in [0.15, 0.2) is 30.3 Å². The summed E-state index contributed by atoms with van der Waals surface area (Å²) in [6.07, 6.45) is 1.82. The van der Waals surface area contributed by atoms with Crippen LogP contribution in [0, 0.1) is 5.92 Å². The van der Waals surface area contributed by atoms with E-state index in [4.69, 9.17) is 4.74 Å². The summed E-state index contributed by atoms with van der Waals surface area (Å²) in [6.45, 7) is 0.392. The number of alkyl halides is 1. The molecular formula is C12H13BrO2. The van der Waals surface area contributed by atoms with Gasteiger partial charge in [0.15, 0.2) is 0 Å². The topological polar surface area (TPSA) is 26.3 Å². The molecule has 3 heteroatoms. The summed E-state index contributed by atoms with van der Waals surface area (Å²) in [5.41, 5.74) is 1.04. The quantitative estimate of drug-likeness (QED) is 0.623. The molecule has 0 spiro atoms. The number of carbonyl (C=O) groups is 1. The van der Waals surface area contributed by atoms with Crippen LogP contribution in [0.3, 0.4) is 0 Å². The number of hydrogen-bond donors (Lipinski definition) is 0. The van der Waals surface area contributed by atoms with Gasteiger partial charge >= 0.3 is 5.97 Å². The Balaban J connectivity index is 1.76. The first-order valence-electron chi connectivity index (χ1n) is 5.10. The van der Waals surface area contributed by atoms with Crippen molar-refractivity contribution in [2.75, 3.05) is 0 Å². The zero-order valence-corrected chi connectivity index (χ0v) is 9.94. The van der Waals surface area contributed by atoms with Crippen molar-refractivity contribution < 1.29 is 9.53 Å². The van der Waals surface area contributed by atoms with E-state index in [1.54, 1.807) is 0 Å². The lowest BCUT2D eigenvalue weighted by Gasteiger charge is -2.28. The minimum atomic E-state index is -0.0606. The van der Waals surface area contributed by atoms with E-state index in [2.05, 4.69) is 15.9 Å². The largest absolute Gasteiger partial charge is 0.461 e. The molecule has 0 aromatic heterocycles. The lowest BCUT2D eigenvalue weighted by Crippen LogP contribution is -2.31. The van der Waals surface area contributed by atoms with E-state index in [0.29, 0.717) is 11.4 Å². The van der Waals surface area contributed by atoms with Crippen LogP contribution in [0.25, 0.3) is 0 Å². The molecule has 0 atom stereocenters. The Morgan fingerprint density at radius 2 is 2.00 bits per heavy atom. The number of halogens is 1. The van der Waals surface area contributed by atoms with Gasteiger partial charge in [0.1, 0.15) is 6.61 Å². The van der Waals surface area contributed by atoms with Crippen molar-refractivity contribution in [2.45, 2.75) is 24.3 Å². The molecule has 1 aliphatic carbocycles. The van der Waals surface area contributed by atoms with Crippen LogP contribution in [-0.2, 0) is 16.1 Å². The fourth-order valence-electron chi connectivity index (χ4n) is 1.59. The predicted molar refractivity (Wildman–Crippen MR) is 61.7 cm³/mol. The van der Waals surface area contributed by atoms with E-state index in [1.807, 2.05) is 30.3 Å². The maximum Gasteiger partial charge on any atom is 0.309 e. The lowest BCUT2D eigenvalue weighted by atomic mass is 9.85. The SMILES string of the molecule is O=C(OCc1ccccc1)[C@H]1C[C@H](Br)C1. The summed E-state index contributed by atoms with van der Waals surface area (Å²) in [4.78, 5) is 12.0. The molecule has 0 saturated heterocycles. The number of benzene rings is 1. The summed E-state index contributed by atoms with van der Waals surface area (Å²) in [5.74, 6) is 0.0487. The van der Waals surface area contributed by atoms with Gasteiger partial charge < -0.3 is 4.74 Å². The van der Waals surface area contributed by atoms with E-state index in [9.17, 15) is 4.79 Å². The highest BCUT2D eigenvalue weighted by molar-refractivity contribution is 9.09. The monoisotopic (exact) mass is 268 g/mol. The Labute approximate surface area is 97.8 Å². The molecule has 1 aliphatic rings. The van der Waals surface area contributed by atoms with E-state index in [0.717, 1.165) is 18.4 Å². The lowest BCUT2D eigenvalue weighted by molar-refractivity contribution is -0.152. The van der Waals surface area contributed by atoms with Crippen LogP contribution in [0.4, 0.5) is 0 Å². The van der Waals surface area contributed by atoms with Crippen LogP contribution in [0.2, 0.25) is 0 Å². The zero-order valence-electron chi connectivity index (χ0n) is 8.36. The Bertz CT molecular complexity index is 331. The third-order valence-corrected chi connectivity index (χ3v) is 3.39. The van der Waals surface area contributed by atoms with Gasteiger partial charge in [-0.05, 0) is 18.4 Å². The van der Waals surface area contributed by atoms with Gasteiger partial charge in [-0.15, -0.1) is 0 Å². The van der Waals surface area contributed by atoms with Gasteiger partial charge in [-0.1, -0.05) is 46.3 Å². The molecule has 0 heterocycles. The standard InChI is InChI=1S/C12H13BrO2/c13-11-6-10(7-11)12(14)15-8-9-4-2-1-3-5-9/h1-5,10-11H,6-8H2/t10-,11-. The van der Waals surface area contributed by atoms with E-state index >= 15 is 0 Å². The molecular weight excluding hydrogens is 256 g/mol. The molecule has 0 unspecified atom stereocenters. The minimum absolute atomic E-state index is 0.0606. The van der Waals surface area contributed by atoms with E-state index in [-0.39, 0.29) is 11.9 Å². The van der Waals surface area contributed by atoms with Gasteiger partial charge in [0, 0.05) is 4.83 Å². The normalized spacial score (nSPS) is 24.3. The molecule has 15 heavy (non-hydrogen) atoms. The van der Waals surface area contributed by atoms with E-state index < -0.39 is 0 Å². The number of hydrogen-bond acceptors (Lipinski definition) is 2. The molecule has 1 fully saturated rings. The smallest absolute Gasteiger partial charge is 0.309 e. The molecule has 80 valence electrons. The van der Waals surface area contributed by atoms with Crippen molar-refractivity contribution in [3.63, 3.8) is 0 Å². The van der Waals surface area contributed by atoms with Crippen LogP contribution in [0.5, 0.6) is 0 Å². The highest BCUT2D eigenvalue weighted by Gasteiger charge is 2.33. The van der Waals surface area contributed by atoms with E-state index in [1.165, 1.54) is 0 Å². The predicted octanol–water partition coefficient (Wildman–Crippen LogP) is 2.90. The van der Waals surface area contributed by atoms with Gasteiger partial charge in [0.05, 0.1) is 5.92 Å². The third kappa shape index (κ3) is 2.81. The van der Waals surface area contributed by atoms with Gasteiger partial charge in [-0.3, -0.25) is 4.79 Å². The van der Waals surface area contributed by atoms with Gasteiger partial charge in [0.25, 0.3) is 0 Å². The van der Waals surface area contributed by atoms with Crippen molar-refractivity contribution in [1.82, 2.24) is 0 Å². The van der Waals surface area contributed by atoms with Crippen LogP contribution in [-0.4, -0.2) is 10.8 Å². The van der Waals surface area contributed by atoms with Crippen molar-refractivity contribution in [2.24, 2.45) is 5.92 Å². The summed E-state index contributed by atoms with van der Waals surface area (Å²) in [7, 11) is 0. The van der Waals surface area contributed by atoms with Crippen LogP contribution < -0.4 is 0 Å². The molecule has 1 aromatic rings. The zero-order chi connectivity index (χ0) is 10.7. The summed E-state index contributed by atoms with van der Waals surface area (Å²) in [6, 6.07) is 9.76. The molecule has 0 N–H and O–H groups in total. The Morgan fingerprint density at radius 1 is 1.33 bits per heavy atom. The fraction of sp³-hybridized carbons (Fsp3) is 0.417. The van der Waals surface area contributed by atoms with Crippen LogP contribution >= 0.6 is 15.9 Å². The highest BCUT2D eigenvalue weighted by Crippen LogP contribution is 2.34. The molecule has 0 aliphatic heterocycles. The van der Waals surface area contributed by atoms with Crippen molar-refractivity contribution in [3.05, 3.63) is 35.9 Å². The molecule has 2 rings (SSSR count). The molecule has 0 bridgehead atoms. The van der Waals surface area contributed by atoms with Gasteiger partial charge in [-0.2, -0.15) is 0 Å². The van der Waals surface area contributed by atoms with Crippen molar-refractivity contribution in [3.8, 4) is 0 Å². The van der Waals surface area contributed by atoms with Crippen molar-refractivity contribution >= 4 is 21.9 Å². The highest BCUT2D eigenvalue weighted by atomic mass is 79.9. The number of esters is 1. The number of carbonyl (C=O) groups excluding carboxylic acids is 1. The first-order chi connectivity index (χ1) is 7.25. The second-order valence-corrected chi connectivity index (χ2v) is 5.15. The number of ether oxygens (including phenoxy) is 1. The summed E-state index contributed by atoms with van der Waals surface area (Å²) in [5, 5.41) is 0. The molecule has 1 aromatic carbocycles. The van der Waals surface area contributed by atoms with Crippen LogP contribution in [0.1, 0.15) is 18.4 Å². The maximum absolute atomic E-state index is 11.5. The maximum atomic E-state index is 11.5. The van der Waals surface area contributed by atoms with Gasteiger partial charge in [-0.25, -0.2) is 0 Å². The summed E-state index contributed by atoms with van der Waals surface area (Å²) < 4.78 is 5.22. The minimum Gasteiger partial charge on any atom is -0.461 e. The summed E-state index contributed by atoms with van der Waals surface area (Å²) >= 11 is 3.46. The Kier molecular flexibility index (Phi) is 3.41. The average Bonchev–Trinajstić information content (AvgIpc) is 2.23. The molecule has 0 radical (unpaired) electrons. The molecule has 2 nitrogen and oxygen atoms in total. The Hall–Kier alpha value is -0.830. The van der Waals surface area contributed by atoms with Crippen molar-refractivity contribution in [1.29, 1.82) is 0 Å².